The van der Waals surface area contributed by atoms with Gasteiger partial charge in [-0.2, -0.15) is 0 Å². The minimum atomic E-state index is -0.544. The van der Waals surface area contributed by atoms with E-state index in [1.807, 2.05) is 42.5 Å². The normalized spacial score (nSPS) is 10.8. The summed E-state index contributed by atoms with van der Waals surface area (Å²) in [5.41, 5.74) is 2.03. The van der Waals surface area contributed by atoms with Crippen LogP contribution in [0.2, 0.25) is 0 Å². The molecule has 0 amide bonds. The van der Waals surface area contributed by atoms with Gasteiger partial charge in [0, 0.05) is 16.1 Å². The zero-order valence-electron chi connectivity index (χ0n) is 14.4. The van der Waals surface area contributed by atoms with Gasteiger partial charge < -0.3 is 13.9 Å². The molecule has 0 aliphatic heterocycles. The highest BCUT2D eigenvalue weighted by Gasteiger charge is 2.15. The van der Waals surface area contributed by atoms with E-state index < -0.39 is 10.9 Å². The van der Waals surface area contributed by atoms with E-state index in [1.165, 1.54) is 0 Å². The third kappa shape index (κ3) is 4.16. The van der Waals surface area contributed by atoms with Crippen LogP contribution in [0.1, 0.15) is 0 Å². The molecule has 0 bridgehead atoms. The van der Waals surface area contributed by atoms with Crippen LogP contribution < -0.4 is 14.4 Å². The Morgan fingerprint density at radius 1 is 1.00 bits per heavy atom. The van der Waals surface area contributed by atoms with Crippen molar-refractivity contribution in [2.75, 3.05) is 6.61 Å². The van der Waals surface area contributed by atoms with Gasteiger partial charge in [0.1, 0.15) is 11.5 Å². The van der Waals surface area contributed by atoms with Crippen LogP contribution in [0, 0.1) is 0 Å². The van der Waals surface area contributed by atoms with Crippen molar-refractivity contribution in [3.63, 3.8) is 0 Å². The molecule has 0 radical (unpaired) electrons. The molecule has 4 rings (SSSR count). The van der Waals surface area contributed by atoms with Crippen molar-refractivity contribution >= 4 is 43.5 Å². The number of halogens is 1. The molecule has 1 aromatic heterocycles. The monoisotopic (exact) mass is 456 g/mol. The number of rotatable bonds is 5. The highest BCUT2D eigenvalue weighted by molar-refractivity contribution is 9.10. The minimum absolute atomic E-state index is 0.234. The second kappa shape index (κ2) is 8.00. The van der Waals surface area contributed by atoms with Crippen molar-refractivity contribution in [1.82, 2.24) is 0 Å². The van der Waals surface area contributed by atoms with E-state index in [2.05, 4.69) is 15.9 Å². The second-order valence-electron chi connectivity index (χ2n) is 5.83. The summed E-state index contributed by atoms with van der Waals surface area (Å²) >= 11 is 4.31. The van der Waals surface area contributed by atoms with Crippen LogP contribution in [-0.2, 0) is 4.79 Å². The fourth-order valence-corrected chi connectivity index (χ4v) is 3.67. The van der Waals surface area contributed by atoms with E-state index in [9.17, 15) is 9.59 Å². The van der Waals surface area contributed by atoms with Gasteiger partial charge in [-0.25, -0.2) is 9.59 Å². The minimum Gasteiger partial charge on any atom is -0.482 e. The van der Waals surface area contributed by atoms with Crippen molar-refractivity contribution < 1.29 is 18.7 Å². The Kier molecular flexibility index (Phi) is 5.27. The molecule has 0 fully saturated rings. The van der Waals surface area contributed by atoms with Crippen LogP contribution in [0.15, 0.2) is 80.4 Å². The number of ether oxygens (including phenoxy) is 2. The summed E-state index contributed by atoms with van der Waals surface area (Å²) in [6.07, 6.45) is 0. The van der Waals surface area contributed by atoms with Gasteiger partial charge >= 0.3 is 10.9 Å². The first-order valence-corrected chi connectivity index (χ1v) is 9.91. The van der Waals surface area contributed by atoms with Gasteiger partial charge in [0.2, 0.25) is 0 Å². The number of carbonyl (C=O) groups is 1. The SMILES string of the molecule is O=C(COc1ccc(Br)cc1)Oc1cc(-c2ccccc2)c2oc(=O)sc2c1. The standard InChI is InChI=1S/C21H13BrO5S/c22-14-6-8-15(9-7-14)25-12-19(23)26-16-10-17(13-4-2-1-3-5-13)20-18(11-16)28-21(24)27-20/h1-11H,12H2. The molecule has 0 aliphatic carbocycles. The van der Waals surface area contributed by atoms with E-state index in [-0.39, 0.29) is 6.61 Å². The van der Waals surface area contributed by atoms with E-state index >= 15 is 0 Å². The maximum Gasteiger partial charge on any atom is 0.396 e. The lowest BCUT2D eigenvalue weighted by molar-refractivity contribution is -0.136. The van der Waals surface area contributed by atoms with Crippen molar-refractivity contribution in [3.05, 3.63) is 80.9 Å². The predicted octanol–water partition coefficient (Wildman–Crippen LogP) is 5.27. The van der Waals surface area contributed by atoms with Gasteiger partial charge in [0.25, 0.3) is 0 Å². The Hall–Kier alpha value is -2.90. The number of fused-ring (bicyclic) bond motifs is 1. The van der Waals surface area contributed by atoms with E-state index in [0.29, 0.717) is 27.3 Å². The summed E-state index contributed by atoms with van der Waals surface area (Å²) in [7, 11) is 0. The van der Waals surface area contributed by atoms with E-state index in [1.54, 1.807) is 24.3 Å². The average Bonchev–Trinajstić information content (AvgIpc) is 3.07. The first-order valence-electron chi connectivity index (χ1n) is 8.31. The summed E-state index contributed by atoms with van der Waals surface area (Å²) in [6.45, 7) is -0.234. The van der Waals surface area contributed by atoms with Gasteiger partial charge in [0.05, 0.1) is 4.70 Å². The van der Waals surface area contributed by atoms with Crippen LogP contribution in [0.3, 0.4) is 0 Å². The molecule has 0 unspecified atom stereocenters. The van der Waals surface area contributed by atoms with Crippen molar-refractivity contribution in [2.45, 2.75) is 0 Å². The largest absolute Gasteiger partial charge is 0.482 e. The zero-order valence-corrected chi connectivity index (χ0v) is 16.8. The first kappa shape index (κ1) is 18.5. The van der Waals surface area contributed by atoms with Gasteiger partial charge in [-0.15, -0.1) is 0 Å². The second-order valence-corrected chi connectivity index (χ2v) is 7.73. The van der Waals surface area contributed by atoms with Gasteiger partial charge in [0.15, 0.2) is 12.2 Å². The molecule has 0 aliphatic rings. The Bertz CT molecular complexity index is 1180. The molecular formula is C21H13BrO5S. The summed E-state index contributed by atoms with van der Waals surface area (Å²) in [5, 5.41) is 0. The third-order valence-electron chi connectivity index (χ3n) is 3.89. The molecule has 7 heteroatoms. The van der Waals surface area contributed by atoms with Gasteiger partial charge in [-0.05, 0) is 35.9 Å². The summed E-state index contributed by atoms with van der Waals surface area (Å²) < 4.78 is 17.7. The molecule has 0 saturated heterocycles. The molecule has 0 N–H and O–H groups in total. The lowest BCUT2D eigenvalue weighted by Gasteiger charge is -2.09. The van der Waals surface area contributed by atoms with Crippen molar-refractivity contribution in [3.8, 4) is 22.6 Å². The topological polar surface area (TPSA) is 65.7 Å². The highest BCUT2D eigenvalue weighted by atomic mass is 79.9. The van der Waals surface area contributed by atoms with E-state index in [4.69, 9.17) is 13.9 Å². The molecule has 5 nitrogen and oxygen atoms in total. The molecule has 0 saturated carbocycles. The Balaban J connectivity index is 1.57. The molecule has 4 aromatic rings. The number of hydrogen-bond acceptors (Lipinski definition) is 6. The van der Waals surface area contributed by atoms with Crippen LogP contribution in [0.5, 0.6) is 11.5 Å². The third-order valence-corrected chi connectivity index (χ3v) is 5.20. The molecule has 0 spiro atoms. The summed E-state index contributed by atoms with van der Waals surface area (Å²) in [6, 6.07) is 19.9. The Morgan fingerprint density at radius 3 is 2.50 bits per heavy atom. The molecule has 3 aromatic carbocycles. The molecule has 28 heavy (non-hydrogen) atoms. The molecule has 140 valence electrons. The maximum absolute atomic E-state index is 12.2. The van der Waals surface area contributed by atoms with Gasteiger partial charge in [-0.3, -0.25) is 0 Å². The number of benzene rings is 3. The first-order chi connectivity index (χ1) is 13.6. The van der Waals surface area contributed by atoms with Crippen LogP contribution in [0.4, 0.5) is 0 Å². The van der Waals surface area contributed by atoms with Crippen LogP contribution in [-0.4, -0.2) is 12.6 Å². The lowest BCUT2D eigenvalue weighted by atomic mass is 10.0. The smallest absolute Gasteiger partial charge is 0.396 e. The lowest BCUT2D eigenvalue weighted by Crippen LogP contribution is -2.17. The predicted molar refractivity (Wildman–Crippen MR) is 111 cm³/mol. The maximum atomic E-state index is 12.2. The summed E-state index contributed by atoms with van der Waals surface area (Å²) in [4.78, 5) is 23.5. The van der Waals surface area contributed by atoms with Crippen LogP contribution in [0.25, 0.3) is 21.4 Å². The highest BCUT2D eigenvalue weighted by Crippen LogP contribution is 2.34. The summed E-state index contributed by atoms with van der Waals surface area (Å²) in [5.74, 6) is 0.346. The Labute approximate surface area is 172 Å². The Morgan fingerprint density at radius 2 is 1.75 bits per heavy atom. The van der Waals surface area contributed by atoms with Gasteiger partial charge in [-0.1, -0.05) is 57.6 Å². The number of carbonyl (C=O) groups excluding carboxylic acids is 1. The molecular weight excluding hydrogens is 444 g/mol. The molecule has 1 heterocycles. The average molecular weight is 457 g/mol. The number of hydrogen-bond donors (Lipinski definition) is 0. The van der Waals surface area contributed by atoms with Crippen LogP contribution >= 0.6 is 27.3 Å². The fourth-order valence-electron chi connectivity index (χ4n) is 2.68. The number of esters is 1. The van der Waals surface area contributed by atoms with E-state index in [0.717, 1.165) is 21.4 Å². The van der Waals surface area contributed by atoms with Crippen molar-refractivity contribution in [1.29, 1.82) is 0 Å². The fraction of sp³-hybridized carbons (Fsp3) is 0.0476. The zero-order chi connectivity index (χ0) is 19.5. The quantitative estimate of drug-likeness (QED) is 0.302. The molecule has 0 atom stereocenters. The van der Waals surface area contributed by atoms with Crippen molar-refractivity contribution in [2.24, 2.45) is 0 Å².